The summed E-state index contributed by atoms with van der Waals surface area (Å²) >= 11 is 5.91. The summed E-state index contributed by atoms with van der Waals surface area (Å²) in [5, 5.41) is 3.72. The van der Waals surface area contributed by atoms with Gasteiger partial charge in [0.15, 0.2) is 5.78 Å². The third kappa shape index (κ3) is 3.53. The Morgan fingerprint density at radius 3 is 3.00 bits per heavy atom. The van der Waals surface area contributed by atoms with Crippen LogP contribution in [0.25, 0.3) is 0 Å². The number of carbonyl (C=O) groups excluding carboxylic acids is 1. The van der Waals surface area contributed by atoms with Gasteiger partial charge in [-0.1, -0.05) is 18.0 Å². The topological polar surface area (TPSA) is 29.1 Å². The van der Waals surface area contributed by atoms with E-state index in [1.807, 2.05) is 0 Å². The molecule has 0 aromatic heterocycles. The van der Waals surface area contributed by atoms with E-state index in [1.54, 1.807) is 0 Å². The third-order valence-electron chi connectivity index (χ3n) is 3.36. The van der Waals surface area contributed by atoms with E-state index in [0.717, 1.165) is 19.4 Å². The first-order valence-electron chi connectivity index (χ1n) is 6.38. The summed E-state index contributed by atoms with van der Waals surface area (Å²) < 4.78 is 13.1. The summed E-state index contributed by atoms with van der Waals surface area (Å²) in [5.41, 5.74) is 0.299. The van der Waals surface area contributed by atoms with Gasteiger partial charge in [0.05, 0.1) is 5.02 Å². The van der Waals surface area contributed by atoms with E-state index in [0.29, 0.717) is 23.0 Å². The molecule has 1 aromatic carbocycles. The second kappa shape index (κ2) is 6.30. The molecule has 1 N–H and O–H groups in total. The van der Waals surface area contributed by atoms with Crippen LogP contribution in [0.15, 0.2) is 18.2 Å². The molecule has 1 heterocycles. The van der Waals surface area contributed by atoms with E-state index >= 15 is 0 Å². The van der Waals surface area contributed by atoms with E-state index < -0.39 is 5.82 Å². The maximum Gasteiger partial charge on any atom is 0.164 e. The number of rotatable bonds is 4. The van der Waals surface area contributed by atoms with E-state index in [2.05, 4.69) is 5.32 Å². The highest BCUT2D eigenvalue weighted by Gasteiger charge is 2.16. The lowest BCUT2D eigenvalue weighted by molar-refractivity contribution is 0.0974. The Balaban J connectivity index is 1.92. The molecule has 1 aliphatic rings. The number of carbonyl (C=O) groups is 1. The van der Waals surface area contributed by atoms with Crippen molar-refractivity contribution in [2.45, 2.75) is 38.1 Å². The molecule has 1 aromatic rings. The Morgan fingerprint density at radius 2 is 2.28 bits per heavy atom. The van der Waals surface area contributed by atoms with Gasteiger partial charge in [-0.05, 0) is 44.0 Å². The maximum absolute atomic E-state index is 13.1. The molecule has 1 saturated heterocycles. The van der Waals surface area contributed by atoms with E-state index in [-0.39, 0.29) is 5.78 Å². The second-order valence-corrected chi connectivity index (χ2v) is 5.14. The summed E-state index contributed by atoms with van der Waals surface area (Å²) in [6.07, 6.45) is 4.75. The molecule has 1 fully saturated rings. The van der Waals surface area contributed by atoms with Gasteiger partial charge in [0.1, 0.15) is 5.82 Å². The maximum atomic E-state index is 13.1. The van der Waals surface area contributed by atoms with Gasteiger partial charge in [-0.2, -0.15) is 0 Å². The van der Waals surface area contributed by atoms with Crippen LogP contribution in [0.1, 0.15) is 42.5 Å². The van der Waals surface area contributed by atoms with Crippen LogP contribution in [-0.2, 0) is 0 Å². The molecule has 0 bridgehead atoms. The molecule has 0 spiro atoms. The number of benzene rings is 1. The van der Waals surface area contributed by atoms with Gasteiger partial charge in [-0.15, -0.1) is 0 Å². The molecular weight excluding hydrogens is 253 g/mol. The molecule has 0 saturated carbocycles. The van der Waals surface area contributed by atoms with Crippen LogP contribution in [-0.4, -0.2) is 18.4 Å². The lowest BCUT2D eigenvalue weighted by Gasteiger charge is -2.23. The summed E-state index contributed by atoms with van der Waals surface area (Å²) in [7, 11) is 0. The minimum absolute atomic E-state index is 0.0770. The lowest BCUT2D eigenvalue weighted by Crippen LogP contribution is -2.34. The zero-order chi connectivity index (χ0) is 13.0. The highest BCUT2D eigenvalue weighted by molar-refractivity contribution is 6.33. The van der Waals surface area contributed by atoms with Crippen LogP contribution in [0.3, 0.4) is 0 Å². The van der Waals surface area contributed by atoms with E-state index in [9.17, 15) is 9.18 Å². The third-order valence-corrected chi connectivity index (χ3v) is 3.69. The summed E-state index contributed by atoms with van der Waals surface area (Å²) in [6.45, 7) is 1.03. The molecule has 4 heteroatoms. The van der Waals surface area contributed by atoms with Gasteiger partial charge in [-0.25, -0.2) is 4.39 Å². The standard InChI is InChI=1S/C14H17ClFNO/c15-13-6-4-10(16)9-12(13)14(18)7-5-11-3-1-2-8-17-11/h4,6,9,11,17H,1-3,5,7-8H2. The van der Waals surface area contributed by atoms with Crippen molar-refractivity contribution in [3.8, 4) is 0 Å². The molecule has 0 aliphatic carbocycles. The number of ketones is 1. The molecule has 1 aliphatic heterocycles. The monoisotopic (exact) mass is 269 g/mol. The molecule has 1 unspecified atom stereocenters. The lowest BCUT2D eigenvalue weighted by atomic mass is 9.97. The normalized spacial score (nSPS) is 19.8. The average molecular weight is 270 g/mol. The van der Waals surface area contributed by atoms with E-state index in [1.165, 1.54) is 31.0 Å². The number of hydrogen-bond acceptors (Lipinski definition) is 2. The predicted octanol–water partition coefficient (Wildman–Crippen LogP) is 3.58. The Morgan fingerprint density at radius 1 is 1.44 bits per heavy atom. The average Bonchev–Trinajstić information content (AvgIpc) is 2.40. The second-order valence-electron chi connectivity index (χ2n) is 4.73. The molecule has 0 amide bonds. The summed E-state index contributed by atoms with van der Waals surface area (Å²) in [4.78, 5) is 12.0. The predicted molar refractivity (Wildman–Crippen MR) is 70.6 cm³/mol. The van der Waals surface area contributed by atoms with Crippen molar-refractivity contribution in [2.75, 3.05) is 6.54 Å². The van der Waals surface area contributed by atoms with Crippen LogP contribution in [0.4, 0.5) is 4.39 Å². The Labute approximate surface area is 112 Å². The van der Waals surface area contributed by atoms with Gasteiger partial charge >= 0.3 is 0 Å². The largest absolute Gasteiger partial charge is 0.314 e. The van der Waals surface area contributed by atoms with Crippen molar-refractivity contribution >= 4 is 17.4 Å². The zero-order valence-corrected chi connectivity index (χ0v) is 11.0. The highest BCUT2D eigenvalue weighted by Crippen LogP contribution is 2.20. The van der Waals surface area contributed by atoms with Crippen molar-refractivity contribution in [1.82, 2.24) is 5.32 Å². The van der Waals surface area contributed by atoms with Crippen LogP contribution in [0.5, 0.6) is 0 Å². The van der Waals surface area contributed by atoms with Crippen molar-refractivity contribution < 1.29 is 9.18 Å². The van der Waals surface area contributed by atoms with Crippen LogP contribution in [0.2, 0.25) is 5.02 Å². The van der Waals surface area contributed by atoms with Crippen molar-refractivity contribution in [3.63, 3.8) is 0 Å². The number of hydrogen-bond donors (Lipinski definition) is 1. The number of Topliss-reactive ketones (excluding diaryl/α,β-unsaturated/α-hetero) is 1. The minimum atomic E-state index is -0.418. The van der Waals surface area contributed by atoms with Gasteiger partial charge in [0.2, 0.25) is 0 Å². The number of piperidine rings is 1. The van der Waals surface area contributed by atoms with Crippen LogP contribution >= 0.6 is 11.6 Å². The Hall–Kier alpha value is -0.930. The fraction of sp³-hybridized carbons (Fsp3) is 0.500. The molecule has 2 rings (SSSR count). The molecule has 18 heavy (non-hydrogen) atoms. The molecular formula is C14H17ClFNO. The fourth-order valence-corrected chi connectivity index (χ4v) is 2.54. The van der Waals surface area contributed by atoms with E-state index in [4.69, 9.17) is 11.6 Å². The molecule has 98 valence electrons. The zero-order valence-electron chi connectivity index (χ0n) is 10.2. The highest BCUT2D eigenvalue weighted by atomic mass is 35.5. The van der Waals surface area contributed by atoms with Crippen molar-refractivity contribution in [2.24, 2.45) is 0 Å². The fourth-order valence-electron chi connectivity index (χ4n) is 2.32. The Bertz CT molecular complexity index is 430. The van der Waals surface area contributed by atoms with Gasteiger partial charge < -0.3 is 5.32 Å². The SMILES string of the molecule is O=C(CCC1CCCCN1)c1cc(F)ccc1Cl. The van der Waals surface area contributed by atoms with Gasteiger partial charge in [-0.3, -0.25) is 4.79 Å². The Kier molecular flexibility index (Phi) is 4.72. The summed E-state index contributed by atoms with van der Waals surface area (Å²) in [5.74, 6) is -0.495. The first-order chi connectivity index (χ1) is 8.66. The quantitative estimate of drug-likeness (QED) is 0.847. The minimum Gasteiger partial charge on any atom is -0.314 e. The summed E-state index contributed by atoms with van der Waals surface area (Å²) in [6, 6.07) is 4.33. The molecule has 0 radical (unpaired) electrons. The smallest absolute Gasteiger partial charge is 0.164 e. The van der Waals surface area contributed by atoms with Gasteiger partial charge in [0.25, 0.3) is 0 Å². The number of halogens is 2. The van der Waals surface area contributed by atoms with Crippen LogP contribution < -0.4 is 5.32 Å². The van der Waals surface area contributed by atoms with Crippen LogP contribution in [0, 0.1) is 5.82 Å². The molecule has 1 atom stereocenters. The number of nitrogens with one attached hydrogen (secondary N) is 1. The molecule has 2 nitrogen and oxygen atoms in total. The first kappa shape index (κ1) is 13.5. The first-order valence-corrected chi connectivity index (χ1v) is 6.76. The van der Waals surface area contributed by atoms with Crippen molar-refractivity contribution in [1.29, 1.82) is 0 Å². The van der Waals surface area contributed by atoms with Crippen molar-refractivity contribution in [3.05, 3.63) is 34.6 Å². The van der Waals surface area contributed by atoms with Gasteiger partial charge in [0, 0.05) is 18.0 Å².